The lowest BCUT2D eigenvalue weighted by Crippen LogP contribution is -2.17. The molecule has 5 nitrogen and oxygen atoms in total. The molecule has 0 radical (unpaired) electrons. The minimum atomic E-state index is -0.0240. The van der Waals surface area contributed by atoms with E-state index in [1.54, 1.807) is 10.7 Å². The van der Waals surface area contributed by atoms with E-state index < -0.39 is 0 Å². The highest BCUT2D eigenvalue weighted by atomic mass is 35.5. The van der Waals surface area contributed by atoms with Crippen LogP contribution in [0.15, 0.2) is 35.6 Å². The predicted molar refractivity (Wildman–Crippen MR) is 73.1 cm³/mol. The van der Waals surface area contributed by atoms with Gasteiger partial charge in [-0.1, -0.05) is 22.8 Å². The van der Waals surface area contributed by atoms with Crippen LogP contribution in [0, 0.1) is 0 Å². The summed E-state index contributed by atoms with van der Waals surface area (Å²) in [6.45, 7) is 0. The van der Waals surface area contributed by atoms with E-state index in [2.05, 4.69) is 10.3 Å². The highest BCUT2D eigenvalue weighted by molar-refractivity contribution is 6.34. The summed E-state index contributed by atoms with van der Waals surface area (Å²) in [6.07, 6.45) is 4.26. The molecule has 0 aliphatic heterocycles. The molecule has 0 bridgehead atoms. The van der Waals surface area contributed by atoms with Gasteiger partial charge < -0.3 is 10.9 Å². The lowest BCUT2D eigenvalue weighted by Gasteiger charge is -2.10. The largest absolute Gasteiger partial charge is 0.409 e. The Morgan fingerprint density at radius 2 is 2.21 bits per heavy atom. The molecule has 1 aromatic heterocycles. The standard InChI is InChI=1S/C13H13ClN4O/c14-9-2-1-3-11(12(9)13(15)17-19)18-7-6-10(16-18)8-4-5-8/h1-3,6-8,19H,4-5H2,(H2,15,17). The average Bonchev–Trinajstić information content (AvgIpc) is 3.15. The van der Waals surface area contributed by atoms with E-state index in [1.807, 2.05) is 24.4 Å². The maximum atomic E-state index is 8.86. The molecular formula is C13H13ClN4O. The zero-order chi connectivity index (χ0) is 13.4. The van der Waals surface area contributed by atoms with E-state index in [9.17, 15) is 0 Å². The number of nitrogens with two attached hydrogens (primary N) is 1. The molecule has 1 aliphatic rings. The van der Waals surface area contributed by atoms with Crippen molar-refractivity contribution < 1.29 is 5.21 Å². The fourth-order valence-electron chi connectivity index (χ4n) is 2.08. The third-order valence-electron chi connectivity index (χ3n) is 3.21. The zero-order valence-electron chi connectivity index (χ0n) is 10.1. The van der Waals surface area contributed by atoms with Gasteiger partial charge in [0.15, 0.2) is 5.84 Å². The van der Waals surface area contributed by atoms with Crippen LogP contribution in [0.4, 0.5) is 0 Å². The van der Waals surface area contributed by atoms with Crippen LogP contribution in [0.1, 0.15) is 30.0 Å². The summed E-state index contributed by atoms with van der Waals surface area (Å²) in [4.78, 5) is 0. The molecule has 0 spiro atoms. The minimum absolute atomic E-state index is 0.0240. The Labute approximate surface area is 115 Å². The number of hydrogen-bond donors (Lipinski definition) is 2. The Kier molecular flexibility index (Phi) is 2.91. The van der Waals surface area contributed by atoms with Crippen LogP contribution in [0.2, 0.25) is 5.02 Å². The molecule has 0 amide bonds. The van der Waals surface area contributed by atoms with Gasteiger partial charge >= 0.3 is 0 Å². The Morgan fingerprint density at radius 3 is 2.89 bits per heavy atom. The van der Waals surface area contributed by atoms with Crippen molar-refractivity contribution in [2.24, 2.45) is 10.9 Å². The normalized spacial score (nSPS) is 15.7. The Bertz CT molecular complexity index is 646. The van der Waals surface area contributed by atoms with Gasteiger partial charge in [0.25, 0.3) is 0 Å². The Balaban J connectivity index is 2.10. The number of oxime groups is 1. The van der Waals surface area contributed by atoms with Gasteiger partial charge in [0.2, 0.25) is 0 Å². The van der Waals surface area contributed by atoms with Crippen molar-refractivity contribution in [3.8, 4) is 5.69 Å². The summed E-state index contributed by atoms with van der Waals surface area (Å²) in [5.41, 5.74) is 7.95. The van der Waals surface area contributed by atoms with Gasteiger partial charge in [-0.3, -0.25) is 0 Å². The van der Waals surface area contributed by atoms with E-state index in [1.165, 1.54) is 12.8 Å². The molecule has 0 saturated heterocycles. The first-order valence-corrected chi connectivity index (χ1v) is 6.41. The highest BCUT2D eigenvalue weighted by Gasteiger charge is 2.26. The Morgan fingerprint density at radius 1 is 1.42 bits per heavy atom. The van der Waals surface area contributed by atoms with Crippen molar-refractivity contribution in [3.05, 3.63) is 46.7 Å². The van der Waals surface area contributed by atoms with Crippen molar-refractivity contribution >= 4 is 17.4 Å². The molecule has 1 fully saturated rings. The van der Waals surface area contributed by atoms with Gasteiger partial charge in [0, 0.05) is 12.1 Å². The summed E-state index contributed by atoms with van der Waals surface area (Å²) in [5.74, 6) is 0.553. The SMILES string of the molecule is NC(=NO)c1c(Cl)cccc1-n1ccc(C2CC2)n1. The molecule has 19 heavy (non-hydrogen) atoms. The quantitative estimate of drug-likeness (QED) is 0.391. The van der Waals surface area contributed by atoms with Gasteiger partial charge in [-0.25, -0.2) is 4.68 Å². The summed E-state index contributed by atoms with van der Waals surface area (Å²) < 4.78 is 1.72. The number of hydrogen-bond acceptors (Lipinski definition) is 3. The average molecular weight is 277 g/mol. The van der Waals surface area contributed by atoms with Crippen molar-refractivity contribution in [1.29, 1.82) is 0 Å². The van der Waals surface area contributed by atoms with Gasteiger partial charge in [-0.15, -0.1) is 0 Å². The fraction of sp³-hybridized carbons (Fsp3) is 0.231. The molecule has 98 valence electrons. The van der Waals surface area contributed by atoms with Gasteiger partial charge in [0.05, 0.1) is 22.0 Å². The molecule has 1 heterocycles. The number of rotatable bonds is 3. The van der Waals surface area contributed by atoms with E-state index in [0.717, 1.165) is 5.69 Å². The smallest absolute Gasteiger partial charge is 0.173 e. The zero-order valence-corrected chi connectivity index (χ0v) is 10.9. The van der Waals surface area contributed by atoms with Crippen LogP contribution in [0.5, 0.6) is 0 Å². The highest BCUT2D eigenvalue weighted by Crippen LogP contribution is 2.39. The summed E-state index contributed by atoms with van der Waals surface area (Å²) in [7, 11) is 0. The van der Waals surface area contributed by atoms with E-state index >= 15 is 0 Å². The van der Waals surface area contributed by atoms with Crippen LogP contribution in [0.3, 0.4) is 0 Å². The lowest BCUT2D eigenvalue weighted by atomic mass is 10.1. The monoisotopic (exact) mass is 276 g/mol. The van der Waals surface area contributed by atoms with Crippen molar-refractivity contribution in [1.82, 2.24) is 9.78 Å². The topological polar surface area (TPSA) is 76.4 Å². The van der Waals surface area contributed by atoms with Crippen LogP contribution >= 0.6 is 11.6 Å². The molecule has 3 N–H and O–H groups in total. The number of nitrogens with zero attached hydrogens (tertiary/aromatic N) is 3. The molecule has 0 atom stereocenters. The van der Waals surface area contributed by atoms with Crippen LogP contribution in [-0.4, -0.2) is 20.8 Å². The molecule has 3 rings (SSSR count). The van der Waals surface area contributed by atoms with E-state index in [0.29, 0.717) is 22.2 Å². The number of benzene rings is 1. The maximum absolute atomic E-state index is 8.86. The summed E-state index contributed by atoms with van der Waals surface area (Å²) in [6, 6.07) is 7.34. The molecule has 1 saturated carbocycles. The van der Waals surface area contributed by atoms with Crippen molar-refractivity contribution in [2.45, 2.75) is 18.8 Å². The Hall–Kier alpha value is -2.01. The maximum Gasteiger partial charge on any atom is 0.173 e. The van der Waals surface area contributed by atoms with Crippen molar-refractivity contribution in [3.63, 3.8) is 0 Å². The van der Waals surface area contributed by atoms with Gasteiger partial charge in [0.1, 0.15) is 0 Å². The van der Waals surface area contributed by atoms with Crippen LogP contribution in [0.25, 0.3) is 5.69 Å². The third-order valence-corrected chi connectivity index (χ3v) is 3.52. The van der Waals surface area contributed by atoms with Crippen LogP contribution < -0.4 is 5.73 Å². The van der Waals surface area contributed by atoms with Gasteiger partial charge in [-0.05, 0) is 31.0 Å². The minimum Gasteiger partial charge on any atom is -0.409 e. The first-order chi connectivity index (χ1) is 9.20. The fourth-order valence-corrected chi connectivity index (χ4v) is 2.34. The summed E-state index contributed by atoms with van der Waals surface area (Å²) >= 11 is 6.12. The molecule has 2 aromatic rings. The lowest BCUT2D eigenvalue weighted by molar-refractivity contribution is 0.318. The van der Waals surface area contributed by atoms with E-state index in [-0.39, 0.29) is 5.84 Å². The molecule has 6 heteroatoms. The molecular weight excluding hydrogens is 264 g/mol. The molecule has 0 unspecified atom stereocenters. The second-order valence-electron chi connectivity index (χ2n) is 4.58. The molecule has 1 aromatic carbocycles. The number of amidine groups is 1. The summed E-state index contributed by atoms with van der Waals surface area (Å²) in [5, 5.41) is 16.8. The number of aromatic nitrogens is 2. The van der Waals surface area contributed by atoms with Gasteiger partial charge in [-0.2, -0.15) is 5.10 Å². The second kappa shape index (κ2) is 4.59. The second-order valence-corrected chi connectivity index (χ2v) is 4.99. The number of halogens is 1. The van der Waals surface area contributed by atoms with E-state index in [4.69, 9.17) is 22.5 Å². The van der Waals surface area contributed by atoms with Crippen LogP contribution in [-0.2, 0) is 0 Å². The first-order valence-electron chi connectivity index (χ1n) is 6.03. The van der Waals surface area contributed by atoms with Crippen molar-refractivity contribution in [2.75, 3.05) is 0 Å². The first kappa shape index (κ1) is 12.0. The third kappa shape index (κ3) is 2.17. The predicted octanol–water partition coefficient (Wildman–Crippen LogP) is 2.50. The molecule has 1 aliphatic carbocycles.